The van der Waals surface area contributed by atoms with Gasteiger partial charge in [-0.3, -0.25) is 5.10 Å². The number of halogens is 2. The van der Waals surface area contributed by atoms with E-state index in [1.165, 1.54) is 6.33 Å². The lowest BCUT2D eigenvalue weighted by Crippen LogP contribution is -2.02. The molecule has 2 aromatic heterocycles. The van der Waals surface area contributed by atoms with Gasteiger partial charge in [-0.1, -0.05) is 23.2 Å². The minimum Gasteiger partial charge on any atom is -0.383 e. The van der Waals surface area contributed by atoms with Gasteiger partial charge >= 0.3 is 0 Å². The fourth-order valence-electron chi connectivity index (χ4n) is 1.95. The first-order valence-electron chi connectivity index (χ1n) is 5.77. The van der Waals surface area contributed by atoms with Crippen molar-refractivity contribution in [1.29, 1.82) is 0 Å². The van der Waals surface area contributed by atoms with Crippen LogP contribution in [0.3, 0.4) is 0 Å². The summed E-state index contributed by atoms with van der Waals surface area (Å²) in [4.78, 5) is 11.1. The van der Waals surface area contributed by atoms with Crippen LogP contribution in [-0.2, 0) is 0 Å². The molecule has 0 bridgehead atoms. The number of nitrogens with zero attached hydrogens (tertiary/aromatic N) is 3. The summed E-state index contributed by atoms with van der Waals surface area (Å²) in [6.45, 7) is 0. The fourth-order valence-corrected chi connectivity index (χ4v) is 2.65. The van der Waals surface area contributed by atoms with Crippen molar-refractivity contribution >= 4 is 41.2 Å². The maximum atomic E-state index is 6.26. The number of benzene rings is 1. The fraction of sp³-hybridized carbons (Fsp3) is 0. The van der Waals surface area contributed by atoms with Crippen molar-refractivity contribution in [3.05, 3.63) is 39.3 Å². The van der Waals surface area contributed by atoms with E-state index < -0.39 is 0 Å². The molecule has 0 spiro atoms. The van der Waals surface area contributed by atoms with Gasteiger partial charge in [0.25, 0.3) is 0 Å². The molecule has 106 valence electrons. The Kier molecular flexibility index (Phi) is 3.62. The van der Waals surface area contributed by atoms with Gasteiger partial charge in [0.05, 0.1) is 16.3 Å². The second-order valence-corrected chi connectivity index (χ2v) is 5.37. The van der Waals surface area contributed by atoms with E-state index in [9.17, 15) is 0 Å². The number of hydrogen-bond donors (Lipinski definition) is 3. The monoisotopic (exact) mass is 338 g/mol. The molecule has 0 saturated carbocycles. The lowest BCUT2D eigenvalue weighted by atomic mass is 10.1. The molecule has 0 fully saturated rings. The van der Waals surface area contributed by atoms with E-state index in [-0.39, 0.29) is 10.6 Å². The Morgan fingerprint density at radius 2 is 2.05 bits per heavy atom. The highest BCUT2D eigenvalue weighted by molar-refractivity contribution is 7.71. The van der Waals surface area contributed by atoms with E-state index in [1.54, 1.807) is 18.2 Å². The summed E-state index contributed by atoms with van der Waals surface area (Å²) in [6, 6.07) is 5.13. The number of anilines is 1. The average molecular weight is 339 g/mol. The minimum absolute atomic E-state index is 0.233. The summed E-state index contributed by atoms with van der Waals surface area (Å²) < 4.78 is 0.247. The highest BCUT2D eigenvalue weighted by atomic mass is 35.5. The van der Waals surface area contributed by atoms with Crippen LogP contribution in [0.25, 0.3) is 22.6 Å². The van der Waals surface area contributed by atoms with Crippen molar-refractivity contribution in [1.82, 2.24) is 25.1 Å². The van der Waals surface area contributed by atoms with E-state index in [0.717, 1.165) is 0 Å². The highest BCUT2D eigenvalue weighted by Gasteiger charge is 2.17. The maximum absolute atomic E-state index is 6.26. The van der Waals surface area contributed by atoms with Crippen LogP contribution in [-0.4, -0.2) is 25.1 Å². The molecule has 6 nitrogen and oxygen atoms in total. The predicted octanol–water partition coefficient (Wildman–Crippen LogP) is 3.48. The van der Waals surface area contributed by atoms with E-state index >= 15 is 0 Å². The first-order chi connectivity index (χ1) is 10.1. The average Bonchev–Trinajstić information content (AvgIpc) is 2.91. The SMILES string of the molecule is Nc1nc(=S)[nH]c(-c2ccc(Cl)cc2Cl)c1-c1ncn[nH]1. The lowest BCUT2D eigenvalue weighted by Gasteiger charge is -2.11. The van der Waals surface area contributed by atoms with Crippen LogP contribution in [0.2, 0.25) is 10.0 Å². The number of aromatic amines is 2. The number of hydrogen-bond acceptors (Lipinski definition) is 5. The third-order valence-corrected chi connectivity index (χ3v) is 3.55. The third kappa shape index (κ3) is 2.63. The summed E-state index contributed by atoms with van der Waals surface area (Å²) >= 11 is 17.3. The van der Waals surface area contributed by atoms with E-state index in [0.29, 0.717) is 32.7 Å². The number of aromatic nitrogens is 5. The van der Waals surface area contributed by atoms with Crippen LogP contribution in [0.1, 0.15) is 0 Å². The Morgan fingerprint density at radius 1 is 1.24 bits per heavy atom. The number of nitrogens with one attached hydrogen (secondary N) is 2. The lowest BCUT2D eigenvalue weighted by molar-refractivity contribution is 1.08. The standard InChI is InChI=1S/C12H8Cl2N6S/c13-5-1-2-6(7(14)3-5)9-8(11-16-4-17-20-11)10(15)19-12(21)18-9/h1-4H,(H,16,17,20)(H3,15,18,19,21). The molecule has 4 N–H and O–H groups in total. The second-order valence-electron chi connectivity index (χ2n) is 4.14. The van der Waals surface area contributed by atoms with Crippen molar-refractivity contribution < 1.29 is 0 Å². The molecule has 21 heavy (non-hydrogen) atoms. The normalized spacial score (nSPS) is 10.8. The topological polar surface area (TPSA) is 96.3 Å². The number of nitrogens with two attached hydrogens (primary N) is 1. The zero-order valence-corrected chi connectivity index (χ0v) is 12.7. The number of rotatable bonds is 2. The van der Waals surface area contributed by atoms with E-state index in [4.69, 9.17) is 41.2 Å². The van der Waals surface area contributed by atoms with Crippen LogP contribution in [0.4, 0.5) is 5.82 Å². The summed E-state index contributed by atoms with van der Waals surface area (Å²) in [7, 11) is 0. The molecule has 0 aliphatic carbocycles. The van der Waals surface area contributed by atoms with Crippen molar-refractivity contribution in [2.24, 2.45) is 0 Å². The molecular formula is C12H8Cl2N6S. The van der Waals surface area contributed by atoms with Gasteiger partial charge in [-0.05, 0) is 30.4 Å². The smallest absolute Gasteiger partial charge is 0.199 e. The van der Waals surface area contributed by atoms with Gasteiger partial charge in [-0.2, -0.15) is 5.10 Å². The van der Waals surface area contributed by atoms with Crippen molar-refractivity contribution in [2.45, 2.75) is 0 Å². The summed E-state index contributed by atoms with van der Waals surface area (Å²) in [6.07, 6.45) is 1.38. The number of H-pyrrole nitrogens is 2. The number of nitrogen functional groups attached to an aromatic ring is 1. The van der Waals surface area contributed by atoms with Crippen molar-refractivity contribution in [2.75, 3.05) is 5.73 Å². The van der Waals surface area contributed by atoms with Gasteiger partial charge in [0, 0.05) is 10.6 Å². The van der Waals surface area contributed by atoms with Crippen LogP contribution < -0.4 is 5.73 Å². The van der Waals surface area contributed by atoms with Crippen LogP contribution in [0.5, 0.6) is 0 Å². The Labute approximate surface area is 134 Å². The maximum Gasteiger partial charge on any atom is 0.199 e. The summed E-state index contributed by atoms with van der Waals surface area (Å²) in [5.74, 6) is 0.698. The Balaban J connectivity index is 2.34. The summed E-state index contributed by atoms with van der Waals surface area (Å²) in [5.41, 5.74) is 7.81. The van der Waals surface area contributed by atoms with Gasteiger partial charge < -0.3 is 10.7 Å². The van der Waals surface area contributed by atoms with Gasteiger partial charge in [-0.25, -0.2) is 9.97 Å². The van der Waals surface area contributed by atoms with E-state index in [2.05, 4.69) is 25.1 Å². The molecule has 0 radical (unpaired) electrons. The van der Waals surface area contributed by atoms with E-state index in [1.807, 2.05) is 0 Å². The molecule has 0 amide bonds. The quantitative estimate of drug-likeness (QED) is 0.621. The second kappa shape index (κ2) is 5.44. The Hall–Kier alpha value is -1.96. The molecule has 3 rings (SSSR count). The zero-order valence-electron chi connectivity index (χ0n) is 10.4. The minimum atomic E-state index is 0.233. The van der Waals surface area contributed by atoms with Crippen LogP contribution in [0.15, 0.2) is 24.5 Å². The molecule has 0 atom stereocenters. The van der Waals surface area contributed by atoms with Gasteiger partial charge in [0.1, 0.15) is 12.1 Å². The largest absolute Gasteiger partial charge is 0.383 e. The third-order valence-electron chi connectivity index (χ3n) is 2.81. The van der Waals surface area contributed by atoms with Crippen LogP contribution in [0, 0.1) is 4.77 Å². The predicted molar refractivity (Wildman–Crippen MR) is 84.7 cm³/mol. The molecule has 1 aromatic carbocycles. The van der Waals surface area contributed by atoms with Gasteiger partial charge in [0.2, 0.25) is 0 Å². The molecule has 3 aromatic rings. The first-order valence-corrected chi connectivity index (χ1v) is 6.93. The molecule has 0 saturated heterocycles. The highest BCUT2D eigenvalue weighted by Crippen LogP contribution is 2.36. The first kappa shape index (κ1) is 14.0. The molecule has 0 unspecified atom stereocenters. The van der Waals surface area contributed by atoms with Gasteiger partial charge in [-0.15, -0.1) is 0 Å². The molecule has 9 heteroatoms. The molecular weight excluding hydrogens is 331 g/mol. The van der Waals surface area contributed by atoms with Gasteiger partial charge in [0.15, 0.2) is 10.6 Å². The zero-order chi connectivity index (χ0) is 15.0. The molecule has 0 aliphatic rings. The molecule has 2 heterocycles. The summed E-state index contributed by atoms with van der Waals surface area (Å²) in [5, 5.41) is 7.56. The molecule has 0 aliphatic heterocycles. The Bertz CT molecular complexity index is 859. The van der Waals surface area contributed by atoms with Crippen LogP contribution >= 0.6 is 35.4 Å². The van der Waals surface area contributed by atoms with Crippen molar-refractivity contribution in [3.8, 4) is 22.6 Å². The Morgan fingerprint density at radius 3 is 2.71 bits per heavy atom. The van der Waals surface area contributed by atoms with Crippen molar-refractivity contribution in [3.63, 3.8) is 0 Å².